The van der Waals surface area contributed by atoms with Gasteiger partial charge in [-0.3, -0.25) is 33.6 Å². The van der Waals surface area contributed by atoms with E-state index >= 15 is 0 Å². The zero-order valence-corrected chi connectivity index (χ0v) is 39.1. The van der Waals surface area contributed by atoms with Crippen LogP contribution in [0.15, 0.2) is 11.6 Å². The topological polar surface area (TPSA) is 203 Å². The molecule has 0 radical (unpaired) electrons. The first-order chi connectivity index (χ1) is 29.5. The second-order valence-corrected chi connectivity index (χ2v) is 19.4. The Morgan fingerprint density at radius 1 is 0.714 bits per heavy atom. The van der Waals surface area contributed by atoms with Crippen molar-refractivity contribution in [3.8, 4) is 0 Å². The molecule has 63 heavy (non-hydrogen) atoms. The van der Waals surface area contributed by atoms with Crippen LogP contribution in [0.2, 0.25) is 0 Å². The van der Waals surface area contributed by atoms with Gasteiger partial charge in [-0.05, 0) is 79.4 Å². The highest BCUT2D eigenvalue weighted by molar-refractivity contribution is 5.69. The summed E-state index contributed by atoms with van der Waals surface area (Å²) in [7, 11) is 0. The molecule has 0 bridgehead atoms. The fourth-order valence-electron chi connectivity index (χ4n) is 12.3. The van der Waals surface area contributed by atoms with E-state index in [-0.39, 0.29) is 35.6 Å². The number of carbonyl (C=O) groups excluding carboxylic acids is 7. The van der Waals surface area contributed by atoms with Gasteiger partial charge in [0.25, 0.3) is 0 Å². The average Bonchev–Trinajstić information content (AvgIpc) is 3.45. The number of rotatable bonds is 15. The molecule has 16 heteroatoms. The third kappa shape index (κ3) is 11.3. The minimum absolute atomic E-state index is 0.0289. The van der Waals surface area contributed by atoms with Gasteiger partial charge in [0.1, 0.15) is 31.0 Å². The lowest BCUT2D eigenvalue weighted by molar-refractivity contribution is -0.321. The van der Waals surface area contributed by atoms with Crippen LogP contribution >= 0.6 is 0 Å². The number of allylic oxidation sites excluding steroid dienone is 1. The molecule has 16 atom stereocenters. The molecule has 0 unspecified atom stereocenters. The molecule has 0 spiro atoms. The number of carbonyl (C=O) groups is 7. The Balaban J connectivity index is 1.61. The fraction of sp³-hybridized carbons (Fsp3) is 0.809. The number of esters is 7. The van der Waals surface area contributed by atoms with Crippen molar-refractivity contribution in [2.45, 2.75) is 190 Å². The van der Waals surface area contributed by atoms with Crippen LogP contribution in [0.1, 0.15) is 134 Å². The van der Waals surface area contributed by atoms with Gasteiger partial charge in [-0.15, -0.1) is 0 Å². The summed E-state index contributed by atoms with van der Waals surface area (Å²) in [6.07, 6.45) is -1.38. The summed E-state index contributed by atoms with van der Waals surface area (Å²) in [5, 5.41) is 0. The molecule has 354 valence electrons. The Bertz CT molecular complexity index is 1760. The van der Waals surface area contributed by atoms with Crippen molar-refractivity contribution < 1.29 is 76.2 Å². The second-order valence-electron chi connectivity index (χ2n) is 19.4. The van der Waals surface area contributed by atoms with Gasteiger partial charge in [-0.2, -0.15) is 0 Å². The molecule has 5 rings (SSSR count). The third-order valence-corrected chi connectivity index (χ3v) is 14.6. The lowest BCUT2D eigenvalue weighted by Crippen LogP contribution is -2.63. The molecule has 4 fully saturated rings. The van der Waals surface area contributed by atoms with E-state index < -0.39 is 108 Å². The maximum atomic E-state index is 12.8. The molecule has 1 heterocycles. The Morgan fingerprint density at radius 3 is 1.89 bits per heavy atom. The first-order valence-electron chi connectivity index (χ1n) is 22.6. The maximum Gasteiger partial charge on any atom is 0.303 e. The predicted octanol–water partition coefficient (Wildman–Crippen LogP) is 6.12. The molecule has 0 amide bonds. The fourth-order valence-corrected chi connectivity index (χ4v) is 12.3. The minimum atomic E-state index is -1.41. The monoisotopic (exact) mass is 890 g/mol. The van der Waals surface area contributed by atoms with E-state index in [9.17, 15) is 33.6 Å². The highest BCUT2D eigenvalue weighted by atomic mass is 16.7. The molecule has 0 N–H and O–H groups in total. The molecule has 4 aliphatic carbocycles. The first kappa shape index (κ1) is 50.0. The van der Waals surface area contributed by atoms with Crippen LogP contribution in [-0.4, -0.2) is 104 Å². The Hall–Kier alpha value is -4.05. The largest absolute Gasteiger partial charge is 0.463 e. The van der Waals surface area contributed by atoms with Gasteiger partial charge in [0, 0.05) is 66.7 Å². The molecule has 0 aromatic heterocycles. The van der Waals surface area contributed by atoms with E-state index in [1.54, 1.807) is 0 Å². The average molecular weight is 891 g/mol. The summed E-state index contributed by atoms with van der Waals surface area (Å²) in [5.41, 5.74) is 0.185. The zero-order valence-electron chi connectivity index (χ0n) is 39.1. The van der Waals surface area contributed by atoms with Crippen molar-refractivity contribution in [1.82, 2.24) is 0 Å². The van der Waals surface area contributed by atoms with Crippen LogP contribution in [0.3, 0.4) is 0 Å². The summed E-state index contributed by atoms with van der Waals surface area (Å²) in [6, 6.07) is 0. The molecular weight excluding hydrogens is 821 g/mol. The molecule has 16 nitrogen and oxygen atoms in total. The van der Waals surface area contributed by atoms with E-state index in [1.807, 2.05) is 0 Å². The Morgan fingerprint density at radius 2 is 1.32 bits per heavy atom. The van der Waals surface area contributed by atoms with Crippen molar-refractivity contribution in [3.05, 3.63) is 11.6 Å². The number of hydrogen-bond donors (Lipinski definition) is 0. The molecule has 5 aliphatic rings. The van der Waals surface area contributed by atoms with Crippen LogP contribution in [0.5, 0.6) is 0 Å². The van der Waals surface area contributed by atoms with E-state index in [0.717, 1.165) is 31.3 Å². The quantitative estimate of drug-likeness (QED) is 0.103. The van der Waals surface area contributed by atoms with Gasteiger partial charge in [-0.25, -0.2) is 0 Å². The highest BCUT2D eigenvalue weighted by Gasteiger charge is 2.66. The summed E-state index contributed by atoms with van der Waals surface area (Å²) in [4.78, 5) is 87.5. The van der Waals surface area contributed by atoms with Gasteiger partial charge >= 0.3 is 41.8 Å². The Labute approximate surface area is 371 Å². The van der Waals surface area contributed by atoms with E-state index in [0.29, 0.717) is 31.6 Å². The van der Waals surface area contributed by atoms with Gasteiger partial charge in [0.2, 0.25) is 0 Å². The van der Waals surface area contributed by atoms with Gasteiger partial charge in [0.15, 0.2) is 24.6 Å². The van der Waals surface area contributed by atoms with Crippen LogP contribution < -0.4 is 0 Å². The molecule has 1 saturated heterocycles. The second kappa shape index (κ2) is 20.4. The molecule has 1 aliphatic heterocycles. The maximum absolute atomic E-state index is 12.8. The predicted molar refractivity (Wildman–Crippen MR) is 223 cm³/mol. The van der Waals surface area contributed by atoms with Gasteiger partial charge in [-0.1, -0.05) is 46.3 Å². The van der Waals surface area contributed by atoms with Crippen LogP contribution in [0.25, 0.3) is 0 Å². The molecule has 3 saturated carbocycles. The minimum Gasteiger partial charge on any atom is -0.463 e. The number of hydrogen-bond acceptors (Lipinski definition) is 16. The SMILES string of the molecule is CC(=O)OC[C@H]1O[C@@H](O[C@H]2C[C@H]3[C@@H]4CC=C5C[C@@H](OC(C)=O)C[C@@H](OC(C)=O)[C@]5(C)[C@H]4CC[C@]3(C)[C@H]2[C@H](C)[C@H](CCC(C)C)OC(C)=O)[C@H](OC(C)=O)[C@@H](OC(C)=O)[C@H]1OC(C)=O. The number of ether oxygens (including phenoxy) is 9. The van der Waals surface area contributed by atoms with E-state index in [4.69, 9.17) is 42.6 Å². The lowest BCUT2D eigenvalue weighted by atomic mass is 9.46. The van der Waals surface area contributed by atoms with Crippen molar-refractivity contribution in [2.75, 3.05) is 6.61 Å². The number of fused-ring (bicyclic) bond motifs is 5. The normalized spacial score (nSPS) is 36.7. The van der Waals surface area contributed by atoms with Crippen molar-refractivity contribution >= 4 is 41.8 Å². The van der Waals surface area contributed by atoms with Gasteiger partial charge < -0.3 is 42.6 Å². The van der Waals surface area contributed by atoms with Gasteiger partial charge in [0.05, 0.1) is 6.10 Å². The highest BCUT2D eigenvalue weighted by Crippen LogP contribution is 2.68. The standard InChI is InChI=1S/C47H70O16/c1-23(2)13-16-37(57-27(6)50)24(3)41-38(62-45-44(61-31(10)54)43(60-30(9)53)42(59-29(8)52)39(63-45)22-55-25(4)48)21-36-34-15-14-32-19-33(56-26(5)49)20-40(58-28(7)51)47(32,12)35(34)17-18-46(36,41)11/h14,23-24,33-45H,13,15-22H2,1-12H3/t24-,33-,34-,35+,36+,37+,38+,39-,40-,41+,42+,43+,44-,45-,46+,47+/m1/s1. The summed E-state index contributed by atoms with van der Waals surface area (Å²) >= 11 is 0. The van der Waals surface area contributed by atoms with Crippen molar-refractivity contribution in [3.63, 3.8) is 0 Å². The van der Waals surface area contributed by atoms with E-state index in [2.05, 4.69) is 40.7 Å². The van der Waals surface area contributed by atoms with Crippen LogP contribution in [0.4, 0.5) is 0 Å². The summed E-state index contributed by atoms with van der Waals surface area (Å²) in [5.74, 6) is -3.98. The molecule has 0 aromatic rings. The Kier molecular flexibility index (Phi) is 16.2. The molecular formula is C47H70O16. The van der Waals surface area contributed by atoms with Crippen LogP contribution in [-0.2, 0) is 76.2 Å². The summed E-state index contributed by atoms with van der Waals surface area (Å²) < 4.78 is 54.2. The lowest BCUT2D eigenvalue weighted by Gasteiger charge is -2.60. The third-order valence-electron chi connectivity index (χ3n) is 14.6. The van der Waals surface area contributed by atoms with Crippen LogP contribution in [0, 0.1) is 46.3 Å². The van der Waals surface area contributed by atoms with Crippen molar-refractivity contribution in [1.29, 1.82) is 0 Å². The summed E-state index contributed by atoms with van der Waals surface area (Å²) in [6.45, 7) is 19.3. The first-order valence-corrected chi connectivity index (χ1v) is 22.6. The van der Waals surface area contributed by atoms with Crippen molar-refractivity contribution in [2.24, 2.45) is 46.3 Å². The zero-order chi connectivity index (χ0) is 46.7. The molecule has 0 aromatic carbocycles. The van der Waals surface area contributed by atoms with E-state index in [1.165, 1.54) is 48.5 Å². The smallest absolute Gasteiger partial charge is 0.303 e.